The summed E-state index contributed by atoms with van der Waals surface area (Å²) in [6.45, 7) is -0.276. The number of hydrogen-bond acceptors (Lipinski definition) is 5. The number of fused-ring (bicyclic) bond motifs is 3. The van der Waals surface area contributed by atoms with Crippen LogP contribution in [0.5, 0.6) is 0 Å². The van der Waals surface area contributed by atoms with Gasteiger partial charge in [-0.2, -0.15) is 0 Å². The molecule has 9 heteroatoms. The Bertz CT molecular complexity index is 1440. The van der Waals surface area contributed by atoms with E-state index in [4.69, 9.17) is 4.42 Å². The number of amides is 2. The predicted molar refractivity (Wildman–Crippen MR) is 122 cm³/mol. The molecule has 0 spiro atoms. The largest absolute Gasteiger partial charge is 0.456 e. The Morgan fingerprint density at radius 3 is 2.44 bits per heavy atom. The summed E-state index contributed by atoms with van der Waals surface area (Å²) in [6, 6.07) is 18.7. The van der Waals surface area contributed by atoms with Crippen molar-refractivity contribution in [1.82, 2.24) is 9.62 Å². The average Bonchev–Trinajstić information content (AvgIpc) is 3.15. The van der Waals surface area contributed by atoms with Crippen molar-refractivity contribution in [3.05, 3.63) is 72.3 Å². The first-order valence-electron chi connectivity index (χ1n) is 9.77. The highest BCUT2D eigenvalue weighted by Crippen LogP contribution is 2.30. The van der Waals surface area contributed by atoms with Gasteiger partial charge in [0.25, 0.3) is 5.91 Å². The summed E-state index contributed by atoms with van der Waals surface area (Å²) in [6.07, 6.45) is 0. The number of carbonyl (C=O) groups excluding carboxylic acids is 2. The Morgan fingerprint density at radius 2 is 1.66 bits per heavy atom. The van der Waals surface area contributed by atoms with Crippen LogP contribution in [-0.4, -0.2) is 45.2 Å². The molecule has 0 bridgehead atoms. The average molecular weight is 452 g/mol. The molecular weight excluding hydrogens is 430 g/mol. The molecule has 0 aliphatic rings. The van der Waals surface area contributed by atoms with Gasteiger partial charge in [0.15, 0.2) is 0 Å². The molecular formula is C23H21N3O5S. The lowest BCUT2D eigenvalue weighted by molar-refractivity contribution is -0.115. The molecule has 0 unspecified atom stereocenters. The second-order valence-corrected chi connectivity index (χ2v) is 9.51. The molecule has 0 aliphatic carbocycles. The van der Waals surface area contributed by atoms with Crippen molar-refractivity contribution in [2.24, 2.45) is 0 Å². The van der Waals surface area contributed by atoms with Gasteiger partial charge in [-0.3, -0.25) is 9.59 Å². The number of benzene rings is 3. The Morgan fingerprint density at radius 1 is 0.906 bits per heavy atom. The molecule has 1 aromatic heterocycles. The molecule has 0 atom stereocenters. The maximum Gasteiger partial charge on any atom is 0.251 e. The van der Waals surface area contributed by atoms with Gasteiger partial charge in [-0.1, -0.05) is 24.3 Å². The SMILES string of the molecule is CN(C)S(=O)(=O)c1cccc(C(=O)NCC(=O)Nc2ccc3c(c2)oc2ccccc23)c1. The summed E-state index contributed by atoms with van der Waals surface area (Å²) in [7, 11) is -0.844. The van der Waals surface area contributed by atoms with Crippen LogP contribution < -0.4 is 10.6 Å². The van der Waals surface area contributed by atoms with Gasteiger partial charge in [-0.15, -0.1) is 0 Å². The molecule has 0 aliphatic heterocycles. The van der Waals surface area contributed by atoms with Crippen LogP contribution >= 0.6 is 0 Å². The van der Waals surface area contributed by atoms with Gasteiger partial charge < -0.3 is 15.1 Å². The van der Waals surface area contributed by atoms with Crippen LogP contribution in [0, 0.1) is 0 Å². The summed E-state index contributed by atoms with van der Waals surface area (Å²) in [5.74, 6) is -0.977. The van der Waals surface area contributed by atoms with Crippen molar-refractivity contribution in [2.45, 2.75) is 4.90 Å². The van der Waals surface area contributed by atoms with E-state index in [1.165, 1.54) is 38.4 Å². The van der Waals surface area contributed by atoms with E-state index in [0.29, 0.717) is 11.3 Å². The highest BCUT2D eigenvalue weighted by Gasteiger charge is 2.19. The van der Waals surface area contributed by atoms with Crippen LogP contribution in [0.4, 0.5) is 5.69 Å². The zero-order valence-corrected chi connectivity index (χ0v) is 18.3. The Balaban J connectivity index is 1.42. The fourth-order valence-corrected chi connectivity index (χ4v) is 4.23. The molecule has 3 aromatic carbocycles. The second-order valence-electron chi connectivity index (χ2n) is 7.36. The topological polar surface area (TPSA) is 109 Å². The lowest BCUT2D eigenvalue weighted by atomic mass is 10.1. The van der Waals surface area contributed by atoms with Gasteiger partial charge in [-0.25, -0.2) is 12.7 Å². The van der Waals surface area contributed by atoms with Gasteiger partial charge in [0.1, 0.15) is 11.2 Å². The monoisotopic (exact) mass is 451 g/mol. The fourth-order valence-electron chi connectivity index (χ4n) is 3.28. The molecule has 0 saturated heterocycles. The summed E-state index contributed by atoms with van der Waals surface area (Å²) in [5.41, 5.74) is 2.09. The lowest BCUT2D eigenvalue weighted by Gasteiger charge is -2.12. The van der Waals surface area contributed by atoms with E-state index < -0.39 is 21.8 Å². The minimum absolute atomic E-state index is 0.00117. The first kappa shape index (κ1) is 21.5. The van der Waals surface area contributed by atoms with E-state index in [-0.39, 0.29) is 17.0 Å². The van der Waals surface area contributed by atoms with Crippen molar-refractivity contribution >= 4 is 49.5 Å². The number of nitrogens with one attached hydrogen (secondary N) is 2. The number of nitrogens with zero attached hydrogens (tertiary/aromatic N) is 1. The smallest absolute Gasteiger partial charge is 0.251 e. The second kappa shape index (κ2) is 8.45. The first-order valence-corrected chi connectivity index (χ1v) is 11.2. The van der Waals surface area contributed by atoms with Crippen molar-refractivity contribution < 1.29 is 22.4 Å². The van der Waals surface area contributed by atoms with E-state index in [0.717, 1.165) is 20.7 Å². The molecule has 4 rings (SSSR count). The Kier molecular flexibility index (Phi) is 5.68. The fraction of sp³-hybridized carbons (Fsp3) is 0.130. The van der Waals surface area contributed by atoms with Gasteiger partial charge >= 0.3 is 0 Å². The number of rotatable bonds is 6. The van der Waals surface area contributed by atoms with Crippen LogP contribution in [0.15, 0.2) is 76.0 Å². The maximum absolute atomic E-state index is 12.4. The molecule has 1 heterocycles. The summed E-state index contributed by atoms with van der Waals surface area (Å²) >= 11 is 0. The maximum atomic E-state index is 12.4. The number of para-hydroxylation sites is 1. The molecule has 2 amide bonds. The Labute approximate surface area is 184 Å². The van der Waals surface area contributed by atoms with Crippen LogP contribution in [0.3, 0.4) is 0 Å². The highest BCUT2D eigenvalue weighted by molar-refractivity contribution is 7.89. The normalized spacial score (nSPS) is 11.7. The third kappa shape index (κ3) is 4.20. The van der Waals surface area contributed by atoms with E-state index in [2.05, 4.69) is 10.6 Å². The van der Waals surface area contributed by atoms with Crippen molar-refractivity contribution in [3.8, 4) is 0 Å². The van der Waals surface area contributed by atoms with Gasteiger partial charge in [0.05, 0.1) is 11.4 Å². The third-order valence-corrected chi connectivity index (χ3v) is 6.76. The minimum Gasteiger partial charge on any atom is -0.456 e. The predicted octanol–water partition coefficient (Wildman–Crippen LogP) is 3.20. The van der Waals surface area contributed by atoms with Crippen molar-refractivity contribution in [3.63, 3.8) is 0 Å². The first-order chi connectivity index (χ1) is 15.3. The van der Waals surface area contributed by atoms with Gasteiger partial charge in [0.2, 0.25) is 15.9 Å². The van der Waals surface area contributed by atoms with Gasteiger partial charge in [-0.05, 0) is 36.4 Å². The van der Waals surface area contributed by atoms with Crippen LogP contribution in [0.1, 0.15) is 10.4 Å². The van der Waals surface area contributed by atoms with Crippen LogP contribution in [0.25, 0.3) is 21.9 Å². The lowest BCUT2D eigenvalue weighted by Crippen LogP contribution is -2.33. The minimum atomic E-state index is -3.67. The highest BCUT2D eigenvalue weighted by atomic mass is 32.2. The zero-order valence-electron chi connectivity index (χ0n) is 17.5. The van der Waals surface area contributed by atoms with Crippen LogP contribution in [-0.2, 0) is 14.8 Å². The molecule has 0 saturated carbocycles. The number of carbonyl (C=O) groups is 2. The van der Waals surface area contributed by atoms with Crippen molar-refractivity contribution in [2.75, 3.05) is 26.0 Å². The number of furan rings is 1. The van der Waals surface area contributed by atoms with Crippen LogP contribution in [0.2, 0.25) is 0 Å². The molecule has 32 heavy (non-hydrogen) atoms. The molecule has 0 radical (unpaired) electrons. The number of hydrogen-bond donors (Lipinski definition) is 2. The van der Waals surface area contributed by atoms with E-state index in [9.17, 15) is 18.0 Å². The molecule has 2 N–H and O–H groups in total. The van der Waals surface area contributed by atoms with E-state index in [1.54, 1.807) is 12.1 Å². The molecule has 4 aromatic rings. The quantitative estimate of drug-likeness (QED) is 0.468. The van der Waals surface area contributed by atoms with E-state index in [1.807, 2.05) is 30.3 Å². The van der Waals surface area contributed by atoms with Gasteiger partial charge in [0, 0.05) is 42.2 Å². The number of sulfonamides is 1. The van der Waals surface area contributed by atoms with E-state index >= 15 is 0 Å². The molecule has 164 valence electrons. The summed E-state index contributed by atoms with van der Waals surface area (Å²) in [4.78, 5) is 24.7. The third-order valence-electron chi connectivity index (χ3n) is 4.95. The Hall–Kier alpha value is -3.69. The standard InChI is InChI=1S/C23H21N3O5S/c1-26(2)32(29,30)17-7-5-6-15(12-17)23(28)24-14-22(27)25-16-10-11-19-18-8-3-4-9-20(18)31-21(19)13-16/h3-13H,14H2,1-2H3,(H,24,28)(H,25,27). The molecule has 0 fully saturated rings. The summed E-state index contributed by atoms with van der Waals surface area (Å²) in [5, 5.41) is 7.16. The summed E-state index contributed by atoms with van der Waals surface area (Å²) < 4.78 is 31.4. The molecule has 8 nitrogen and oxygen atoms in total. The number of anilines is 1. The van der Waals surface area contributed by atoms with Crippen molar-refractivity contribution in [1.29, 1.82) is 0 Å². The zero-order chi connectivity index (χ0) is 22.9.